The van der Waals surface area contributed by atoms with Crippen LogP contribution in [0.4, 0.5) is 11.8 Å². The first-order chi connectivity index (χ1) is 20.3. The highest BCUT2D eigenvalue weighted by Gasteiger charge is 2.28. The van der Waals surface area contributed by atoms with Gasteiger partial charge in [-0.2, -0.15) is 0 Å². The summed E-state index contributed by atoms with van der Waals surface area (Å²) < 4.78 is 16.7. The van der Waals surface area contributed by atoms with Crippen molar-refractivity contribution in [2.75, 3.05) is 58.2 Å². The molecule has 3 atom stereocenters. The number of likely N-dealkylation sites (N-methyl/N-ethyl adjacent to an activating group) is 1. The summed E-state index contributed by atoms with van der Waals surface area (Å²) in [6.07, 6.45) is 6.54. The van der Waals surface area contributed by atoms with E-state index >= 15 is 0 Å². The standard InChI is InChI=1S/C30H36Cl2N6O4/c1-5-20(39)11-17-8-10-42-16-22(17)36-30-34-14-18-12-21(25-26(31)23(40-3)13-24(41-4)27(25)32)35-29(28(18)37-30)33-15-19-7-6-9-38(19)2/h5,12-14,17,19,22H,1,6-11,15-16H2,2-4H3,(H,33,35)(H,34,36,37)/t17-,19?,22-/m1/s1. The number of rotatable bonds is 11. The number of pyridine rings is 1. The minimum absolute atomic E-state index is 0.0136. The van der Waals surface area contributed by atoms with E-state index in [0.717, 1.165) is 31.2 Å². The van der Waals surface area contributed by atoms with Crippen molar-refractivity contribution in [1.82, 2.24) is 19.9 Å². The Bertz CT molecular complexity index is 1440. The molecule has 0 aliphatic carbocycles. The smallest absolute Gasteiger partial charge is 0.223 e. The highest BCUT2D eigenvalue weighted by Crippen LogP contribution is 2.46. The van der Waals surface area contributed by atoms with Gasteiger partial charge in [-0.05, 0) is 50.9 Å². The van der Waals surface area contributed by atoms with Gasteiger partial charge in [0.1, 0.15) is 17.0 Å². The first kappa shape index (κ1) is 30.3. The van der Waals surface area contributed by atoms with Crippen LogP contribution in [0.1, 0.15) is 25.7 Å². The lowest BCUT2D eigenvalue weighted by Gasteiger charge is -2.31. The molecule has 0 radical (unpaired) electrons. The Morgan fingerprint density at radius 2 is 1.95 bits per heavy atom. The van der Waals surface area contributed by atoms with E-state index in [1.54, 1.807) is 12.3 Å². The van der Waals surface area contributed by atoms with Crippen molar-refractivity contribution in [3.05, 3.63) is 41.0 Å². The normalized spacial score (nSPS) is 20.8. The number of nitrogens with zero attached hydrogens (tertiary/aromatic N) is 4. The van der Waals surface area contributed by atoms with Crippen LogP contribution in [-0.4, -0.2) is 85.3 Å². The van der Waals surface area contributed by atoms with Gasteiger partial charge >= 0.3 is 0 Å². The maximum atomic E-state index is 12.1. The highest BCUT2D eigenvalue weighted by atomic mass is 35.5. The van der Waals surface area contributed by atoms with Gasteiger partial charge in [-0.15, -0.1) is 0 Å². The van der Waals surface area contributed by atoms with Gasteiger partial charge in [-0.25, -0.2) is 15.0 Å². The van der Waals surface area contributed by atoms with E-state index in [9.17, 15) is 4.79 Å². The summed E-state index contributed by atoms with van der Waals surface area (Å²) in [6.45, 7) is 6.44. The number of carbonyl (C=O) groups is 1. The van der Waals surface area contributed by atoms with Crippen LogP contribution in [0.2, 0.25) is 10.0 Å². The summed E-state index contributed by atoms with van der Waals surface area (Å²) in [5.74, 6) is 1.97. The molecule has 0 bridgehead atoms. The van der Waals surface area contributed by atoms with Crippen molar-refractivity contribution >= 4 is 51.7 Å². The van der Waals surface area contributed by atoms with Gasteiger partial charge in [-0.3, -0.25) is 4.79 Å². The number of ether oxygens (including phenoxy) is 3. The molecule has 0 spiro atoms. The number of fused-ring (bicyclic) bond motifs is 1. The zero-order valence-corrected chi connectivity index (χ0v) is 25.6. The van der Waals surface area contributed by atoms with E-state index in [1.165, 1.54) is 20.3 Å². The number of nitrogens with one attached hydrogen (secondary N) is 2. The van der Waals surface area contributed by atoms with E-state index in [2.05, 4.69) is 34.1 Å². The second-order valence-electron chi connectivity index (χ2n) is 10.7. The lowest BCUT2D eigenvalue weighted by atomic mass is 9.90. The van der Waals surface area contributed by atoms with Crippen molar-refractivity contribution in [2.24, 2.45) is 5.92 Å². The van der Waals surface area contributed by atoms with Gasteiger partial charge < -0.3 is 29.7 Å². The molecule has 1 aromatic carbocycles. The topological polar surface area (TPSA) is 111 Å². The molecule has 0 amide bonds. The van der Waals surface area contributed by atoms with Gasteiger partial charge in [0.15, 0.2) is 11.6 Å². The molecule has 3 aromatic rings. The summed E-state index contributed by atoms with van der Waals surface area (Å²) in [5.41, 5.74) is 1.67. The Morgan fingerprint density at radius 1 is 1.19 bits per heavy atom. The Labute approximate surface area is 255 Å². The first-order valence-electron chi connectivity index (χ1n) is 14.0. The Hall–Kier alpha value is -3.18. The van der Waals surface area contributed by atoms with Crippen LogP contribution in [0.25, 0.3) is 22.2 Å². The van der Waals surface area contributed by atoms with Crippen molar-refractivity contribution in [3.63, 3.8) is 0 Å². The fourth-order valence-corrected chi connectivity index (χ4v) is 6.31. The van der Waals surface area contributed by atoms with Gasteiger partial charge in [0.2, 0.25) is 5.95 Å². The molecule has 224 valence electrons. The second kappa shape index (κ2) is 13.4. The van der Waals surface area contributed by atoms with Crippen molar-refractivity contribution in [1.29, 1.82) is 0 Å². The van der Waals surface area contributed by atoms with Crippen molar-refractivity contribution in [2.45, 2.75) is 37.8 Å². The zero-order chi connectivity index (χ0) is 29.8. The maximum absolute atomic E-state index is 12.1. The highest BCUT2D eigenvalue weighted by molar-refractivity contribution is 6.41. The maximum Gasteiger partial charge on any atom is 0.223 e. The van der Waals surface area contributed by atoms with Crippen LogP contribution < -0.4 is 20.1 Å². The number of likely N-dealkylation sites (tertiary alicyclic amines) is 1. The second-order valence-corrected chi connectivity index (χ2v) is 11.4. The molecular weight excluding hydrogens is 579 g/mol. The molecule has 0 saturated carbocycles. The van der Waals surface area contributed by atoms with Crippen LogP contribution in [0.5, 0.6) is 11.5 Å². The molecule has 10 nitrogen and oxygen atoms in total. The third kappa shape index (κ3) is 6.41. The zero-order valence-electron chi connectivity index (χ0n) is 24.1. The van der Waals surface area contributed by atoms with Crippen LogP contribution in [0.3, 0.4) is 0 Å². The monoisotopic (exact) mass is 614 g/mol. The van der Waals surface area contributed by atoms with E-state index in [4.69, 9.17) is 47.4 Å². The SMILES string of the molecule is C=CC(=O)C[C@H]1CCOC[C@H]1Nc1ncc2cc(-c3c(Cl)c(OC)cc(OC)c3Cl)nc(NCC3CCCN3C)c2n1. The molecule has 1 unspecified atom stereocenters. The average molecular weight is 616 g/mol. The summed E-state index contributed by atoms with van der Waals surface area (Å²) in [6, 6.07) is 3.76. The quantitative estimate of drug-likeness (QED) is 0.269. The summed E-state index contributed by atoms with van der Waals surface area (Å²) >= 11 is 13.5. The number of aromatic nitrogens is 3. The van der Waals surface area contributed by atoms with Crippen LogP contribution in [0.15, 0.2) is 31.0 Å². The average Bonchev–Trinajstić information content (AvgIpc) is 3.41. The number of halogens is 2. The molecule has 2 aliphatic heterocycles. The Morgan fingerprint density at radius 3 is 2.62 bits per heavy atom. The molecule has 42 heavy (non-hydrogen) atoms. The number of methoxy groups -OCH3 is 2. The minimum Gasteiger partial charge on any atom is -0.495 e. The number of allylic oxidation sites excluding steroid dienone is 1. The van der Waals surface area contributed by atoms with Gasteiger partial charge in [0.25, 0.3) is 0 Å². The van der Waals surface area contributed by atoms with E-state index < -0.39 is 0 Å². The molecule has 5 rings (SSSR count). The van der Waals surface area contributed by atoms with Gasteiger partial charge in [0.05, 0.1) is 42.6 Å². The predicted octanol–water partition coefficient (Wildman–Crippen LogP) is 5.48. The van der Waals surface area contributed by atoms with Gasteiger partial charge in [-0.1, -0.05) is 29.8 Å². The molecule has 12 heteroatoms. The Balaban J connectivity index is 1.55. The number of carbonyl (C=O) groups excluding carboxylic acids is 1. The number of hydrogen-bond donors (Lipinski definition) is 2. The van der Waals surface area contributed by atoms with E-state index in [0.29, 0.717) is 82.3 Å². The molecule has 2 aromatic heterocycles. The number of anilines is 2. The van der Waals surface area contributed by atoms with Crippen molar-refractivity contribution < 1.29 is 19.0 Å². The van der Waals surface area contributed by atoms with E-state index in [-0.39, 0.29) is 17.7 Å². The molecule has 2 N–H and O–H groups in total. The predicted molar refractivity (Wildman–Crippen MR) is 166 cm³/mol. The van der Waals surface area contributed by atoms with Crippen LogP contribution in [-0.2, 0) is 9.53 Å². The van der Waals surface area contributed by atoms with Gasteiger partial charge in [0, 0.05) is 48.8 Å². The minimum atomic E-state index is -0.113. The third-order valence-electron chi connectivity index (χ3n) is 8.08. The molecule has 2 saturated heterocycles. The lowest BCUT2D eigenvalue weighted by molar-refractivity contribution is -0.116. The first-order valence-corrected chi connectivity index (χ1v) is 14.8. The molecular formula is C30H36Cl2N6O4. The molecule has 4 heterocycles. The summed E-state index contributed by atoms with van der Waals surface area (Å²) in [7, 11) is 5.21. The number of hydrogen-bond acceptors (Lipinski definition) is 10. The summed E-state index contributed by atoms with van der Waals surface area (Å²) in [4.78, 5) is 28.9. The summed E-state index contributed by atoms with van der Waals surface area (Å²) in [5, 5.41) is 8.35. The third-order valence-corrected chi connectivity index (χ3v) is 8.83. The number of ketones is 1. The Kier molecular flexibility index (Phi) is 9.67. The van der Waals surface area contributed by atoms with Crippen LogP contribution >= 0.6 is 23.2 Å². The van der Waals surface area contributed by atoms with E-state index in [1.807, 2.05) is 6.07 Å². The fourth-order valence-electron chi connectivity index (χ4n) is 5.62. The van der Waals surface area contributed by atoms with Crippen LogP contribution in [0, 0.1) is 5.92 Å². The fraction of sp³-hybridized carbons (Fsp3) is 0.467. The molecule has 2 aliphatic rings. The lowest BCUT2D eigenvalue weighted by Crippen LogP contribution is -2.40. The number of benzene rings is 1. The largest absolute Gasteiger partial charge is 0.495 e. The van der Waals surface area contributed by atoms with Crippen molar-refractivity contribution in [3.8, 4) is 22.8 Å². The molecule has 2 fully saturated rings.